The number of hydrogen-bond acceptors (Lipinski definition) is 7. The largest absolute Gasteiger partial charge is 0.417 e. The number of rotatable bonds is 8. The van der Waals surface area contributed by atoms with Crippen molar-refractivity contribution in [2.75, 3.05) is 42.1 Å². The van der Waals surface area contributed by atoms with Crippen molar-refractivity contribution in [3.63, 3.8) is 0 Å². The zero-order valence-corrected chi connectivity index (χ0v) is 21.3. The van der Waals surface area contributed by atoms with Crippen LogP contribution in [0.2, 0.25) is 0 Å². The quantitative estimate of drug-likeness (QED) is 0.369. The third kappa shape index (κ3) is 7.06. The molecule has 1 aromatic carbocycles. The average molecular weight is 540 g/mol. The van der Waals surface area contributed by atoms with Gasteiger partial charge in [0, 0.05) is 43.6 Å². The zero-order valence-electron chi connectivity index (χ0n) is 19.7. The second kappa shape index (κ2) is 12.2. The molecule has 36 heavy (non-hydrogen) atoms. The summed E-state index contributed by atoms with van der Waals surface area (Å²) < 4.78 is 39.9. The van der Waals surface area contributed by atoms with E-state index in [1.54, 1.807) is 12.1 Å². The van der Waals surface area contributed by atoms with Crippen LogP contribution >= 0.6 is 21.6 Å². The van der Waals surface area contributed by atoms with E-state index >= 15 is 0 Å². The predicted molar refractivity (Wildman–Crippen MR) is 137 cm³/mol. The molecule has 2 saturated heterocycles. The first kappa shape index (κ1) is 26.6. The molecule has 4 rings (SSSR count). The first-order valence-corrected chi connectivity index (χ1v) is 14.3. The Morgan fingerprint density at radius 1 is 1.03 bits per heavy atom. The van der Waals surface area contributed by atoms with E-state index in [1.165, 1.54) is 35.3 Å². The van der Waals surface area contributed by atoms with E-state index in [2.05, 4.69) is 15.5 Å². The molecule has 0 bridgehead atoms. The number of amides is 2. The Bertz CT molecular complexity index is 1040. The van der Waals surface area contributed by atoms with Crippen molar-refractivity contribution in [2.24, 2.45) is 0 Å². The number of aromatic nitrogens is 2. The van der Waals surface area contributed by atoms with Crippen LogP contribution in [0.1, 0.15) is 48.0 Å². The summed E-state index contributed by atoms with van der Waals surface area (Å²) in [4.78, 5) is 28.3. The standard InChI is InChI=1S/C24H28F3N5O2S2/c25-24(26,27)19-7-3-2-6-18(19)23(34)32-14-12-31(13-15-32)21-10-9-20(29-30-21)28-22(33)8-4-1-5-17-11-16-35-36-17/h2-3,6-7,9-10,17H,1,4-5,8,11-16H2,(H,28,29,33). The van der Waals surface area contributed by atoms with Gasteiger partial charge in [-0.15, -0.1) is 10.2 Å². The van der Waals surface area contributed by atoms with Gasteiger partial charge in [-0.1, -0.05) is 40.1 Å². The van der Waals surface area contributed by atoms with E-state index in [-0.39, 0.29) is 24.6 Å². The van der Waals surface area contributed by atoms with Crippen LogP contribution in [0.5, 0.6) is 0 Å². The van der Waals surface area contributed by atoms with Crippen molar-refractivity contribution in [1.82, 2.24) is 15.1 Å². The van der Waals surface area contributed by atoms with Crippen molar-refractivity contribution in [1.29, 1.82) is 0 Å². The van der Waals surface area contributed by atoms with Gasteiger partial charge < -0.3 is 15.1 Å². The highest BCUT2D eigenvalue weighted by Gasteiger charge is 2.36. The van der Waals surface area contributed by atoms with Crippen LogP contribution < -0.4 is 10.2 Å². The molecule has 7 nitrogen and oxygen atoms in total. The maximum absolute atomic E-state index is 13.3. The molecule has 0 saturated carbocycles. The minimum atomic E-state index is -4.59. The van der Waals surface area contributed by atoms with Gasteiger partial charge in [-0.2, -0.15) is 13.2 Å². The van der Waals surface area contributed by atoms with Crippen LogP contribution in [0.25, 0.3) is 0 Å². The molecule has 1 aromatic heterocycles. The van der Waals surface area contributed by atoms with Gasteiger partial charge in [-0.25, -0.2) is 0 Å². The topological polar surface area (TPSA) is 78.4 Å². The van der Waals surface area contributed by atoms with Crippen molar-refractivity contribution in [3.8, 4) is 0 Å². The number of unbranched alkanes of at least 4 members (excludes halogenated alkanes) is 1. The van der Waals surface area contributed by atoms with Gasteiger partial charge in [0.05, 0.1) is 11.1 Å². The lowest BCUT2D eigenvalue weighted by molar-refractivity contribution is -0.138. The predicted octanol–water partition coefficient (Wildman–Crippen LogP) is 5.11. The molecule has 2 amide bonds. The number of hydrogen-bond donors (Lipinski definition) is 1. The van der Waals surface area contributed by atoms with Crippen molar-refractivity contribution in [2.45, 2.75) is 43.5 Å². The number of alkyl halides is 3. The lowest BCUT2D eigenvalue weighted by Gasteiger charge is -2.35. The minimum Gasteiger partial charge on any atom is -0.352 e. The van der Waals surface area contributed by atoms with Crippen LogP contribution in [-0.2, 0) is 11.0 Å². The second-order valence-electron chi connectivity index (χ2n) is 8.72. The van der Waals surface area contributed by atoms with Crippen LogP contribution in [0.4, 0.5) is 24.8 Å². The summed E-state index contributed by atoms with van der Waals surface area (Å²) in [6.07, 6.45) is 0.131. The number of benzene rings is 1. The van der Waals surface area contributed by atoms with Gasteiger partial charge in [-0.3, -0.25) is 9.59 Å². The molecule has 1 atom stereocenters. The van der Waals surface area contributed by atoms with Gasteiger partial charge in [0.25, 0.3) is 5.91 Å². The van der Waals surface area contributed by atoms with Crippen molar-refractivity contribution < 1.29 is 22.8 Å². The highest BCUT2D eigenvalue weighted by molar-refractivity contribution is 8.77. The van der Waals surface area contributed by atoms with Gasteiger partial charge in [0.1, 0.15) is 0 Å². The van der Waals surface area contributed by atoms with E-state index < -0.39 is 17.6 Å². The molecular formula is C24H28F3N5O2S2. The van der Waals surface area contributed by atoms with Crippen LogP contribution in [0.3, 0.4) is 0 Å². The molecule has 194 valence electrons. The molecule has 0 radical (unpaired) electrons. The number of piperazine rings is 1. The SMILES string of the molecule is O=C(CCCCC1CCSS1)Nc1ccc(N2CCN(C(=O)c3ccccc3C(F)(F)F)CC2)nn1. The van der Waals surface area contributed by atoms with Gasteiger partial charge >= 0.3 is 6.18 Å². The summed E-state index contributed by atoms with van der Waals surface area (Å²) in [6.45, 7) is 1.36. The summed E-state index contributed by atoms with van der Waals surface area (Å²) in [5, 5.41) is 11.8. The summed E-state index contributed by atoms with van der Waals surface area (Å²) in [5.74, 6) is 1.46. The second-order valence-corrected chi connectivity index (χ2v) is 11.5. The molecule has 2 aromatic rings. The number of nitrogens with one attached hydrogen (secondary N) is 1. The zero-order chi connectivity index (χ0) is 25.5. The molecule has 2 aliphatic rings. The van der Waals surface area contributed by atoms with Gasteiger partial charge in [0.15, 0.2) is 11.6 Å². The molecule has 0 spiro atoms. The Labute approximate surface area is 216 Å². The fraction of sp³-hybridized carbons (Fsp3) is 0.500. The molecule has 2 aliphatic heterocycles. The molecule has 2 fully saturated rings. The third-order valence-electron chi connectivity index (χ3n) is 6.18. The minimum absolute atomic E-state index is 0.0863. The Balaban J connectivity index is 1.23. The first-order chi connectivity index (χ1) is 17.3. The number of anilines is 2. The lowest BCUT2D eigenvalue weighted by atomic mass is 10.1. The number of carbonyl (C=O) groups excluding carboxylic acids is 2. The molecule has 3 heterocycles. The summed E-state index contributed by atoms with van der Waals surface area (Å²) in [7, 11) is 3.88. The van der Waals surface area contributed by atoms with Crippen LogP contribution in [0.15, 0.2) is 36.4 Å². The summed E-state index contributed by atoms with van der Waals surface area (Å²) in [5.41, 5.74) is -1.26. The molecule has 12 heteroatoms. The molecule has 1 unspecified atom stereocenters. The maximum atomic E-state index is 13.3. The van der Waals surface area contributed by atoms with Crippen LogP contribution in [0, 0.1) is 0 Å². The van der Waals surface area contributed by atoms with E-state index in [0.29, 0.717) is 36.4 Å². The highest BCUT2D eigenvalue weighted by Crippen LogP contribution is 2.40. The third-order valence-corrected chi connectivity index (χ3v) is 9.19. The summed E-state index contributed by atoms with van der Waals surface area (Å²) in [6, 6.07) is 8.28. The Morgan fingerprint density at radius 2 is 1.81 bits per heavy atom. The monoisotopic (exact) mass is 539 g/mol. The number of halogens is 3. The van der Waals surface area contributed by atoms with Crippen LogP contribution in [-0.4, -0.2) is 64.1 Å². The fourth-order valence-electron chi connectivity index (χ4n) is 4.21. The summed E-state index contributed by atoms with van der Waals surface area (Å²) >= 11 is 0. The number of nitrogens with zero attached hydrogens (tertiary/aromatic N) is 4. The Hall–Kier alpha value is -2.47. The lowest BCUT2D eigenvalue weighted by Crippen LogP contribution is -2.49. The maximum Gasteiger partial charge on any atom is 0.417 e. The normalized spacial score (nSPS) is 18.4. The molecular weight excluding hydrogens is 511 g/mol. The van der Waals surface area contributed by atoms with E-state index in [0.717, 1.165) is 25.3 Å². The molecule has 0 aliphatic carbocycles. The van der Waals surface area contributed by atoms with Crippen molar-refractivity contribution in [3.05, 3.63) is 47.5 Å². The van der Waals surface area contributed by atoms with E-state index in [4.69, 9.17) is 0 Å². The first-order valence-electron chi connectivity index (χ1n) is 11.9. The van der Waals surface area contributed by atoms with Gasteiger partial charge in [0.2, 0.25) is 5.91 Å². The number of carbonyl (C=O) groups is 2. The van der Waals surface area contributed by atoms with Gasteiger partial charge in [-0.05, 0) is 43.5 Å². The smallest absolute Gasteiger partial charge is 0.352 e. The van der Waals surface area contributed by atoms with E-state index in [9.17, 15) is 22.8 Å². The fourth-order valence-corrected chi connectivity index (χ4v) is 7.24. The van der Waals surface area contributed by atoms with E-state index in [1.807, 2.05) is 26.5 Å². The Morgan fingerprint density at radius 3 is 2.47 bits per heavy atom. The average Bonchev–Trinajstić information content (AvgIpc) is 3.40. The molecule has 1 N–H and O–H groups in total. The Kier molecular flexibility index (Phi) is 9.00. The highest BCUT2D eigenvalue weighted by atomic mass is 33.1. The van der Waals surface area contributed by atoms with Crippen molar-refractivity contribution >= 4 is 45.0 Å².